The van der Waals surface area contributed by atoms with Crippen molar-refractivity contribution in [3.8, 4) is 0 Å². The molecule has 114 valence electrons. The standard InChI is InChI=1S/C16H18N4OS/c1-16(12-9-17-19(2)10-12)11-20(7-8-21-16)15-18-13-5-3-4-6-14(13)22-15/h3-6,9-10H,7-8,11H2,1-2H3. The minimum atomic E-state index is -0.343. The second-order valence-corrected chi connectivity index (χ2v) is 6.88. The highest BCUT2D eigenvalue weighted by Gasteiger charge is 2.36. The molecule has 5 nitrogen and oxygen atoms in total. The summed E-state index contributed by atoms with van der Waals surface area (Å²) in [4.78, 5) is 7.09. The predicted octanol–water partition coefficient (Wildman–Crippen LogP) is 2.78. The maximum Gasteiger partial charge on any atom is 0.186 e. The van der Waals surface area contributed by atoms with Crippen LogP contribution in [0.1, 0.15) is 12.5 Å². The number of aryl methyl sites for hydroxylation is 1. The highest BCUT2D eigenvalue weighted by molar-refractivity contribution is 7.22. The Labute approximate surface area is 133 Å². The zero-order valence-electron chi connectivity index (χ0n) is 12.7. The molecule has 0 bridgehead atoms. The van der Waals surface area contributed by atoms with Gasteiger partial charge in [-0.1, -0.05) is 23.5 Å². The predicted molar refractivity (Wildman–Crippen MR) is 88.3 cm³/mol. The van der Waals surface area contributed by atoms with Crippen molar-refractivity contribution >= 4 is 26.7 Å². The number of thiazole rings is 1. The van der Waals surface area contributed by atoms with Gasteiger partial charge in [0.2, 0.25) is 0 Å². The SMILES string of the molecule is Cn1cc(C2(C)CN(c3nc4ccccc4s3)CCO2)cn1. The zero-order chi connectivity index (χ0) is 15.2. The molecule has 2 aromatic heterocycles. The summed E-state index contributed by atoms with van der Waals surface area (Å²) in [7, 11) is 1.93. The first kappa shape index (κ1) is 13.7. The Kier molecular flexibility index (Phi) is 3.16. The lowest BCUT2D eigenvalue weighted by molar-refractivity contribution is -0.0466. The Bertz CT molecular complexity index is 778. The van der Waals surface area contributed by atoms with Gasteiger partial charge in [0, 0.05) is 25.4 Å². The van der Waals surface area contributed by atoms with Gasteiger partial charge in [0.15, 0.2) is 5.13 Å². The zero-order valence-corrected chi connectivity index (χ0v) is 13.5. The molecular formula is C16H18N4OS. The van der Waals surface area contributed by atoms with E-state index in [4.69, 9.17) is 9.72 Å². The van der Waals surface area contributed by atoms with Gasteiger partial charge in [-0.2, -0.15) is 5.10 Å². The fraction of sp³-hybridized carbons (Fsp3) is 0.375. The molecule has 1 aliphatic rings. The molecule has 0 amide bonds. The molecule has 3 aromatic rings. The minimum absolute atomic E-state index is 0.343. The van der Waals surface area contributed by atoms with Crippen LogP contribution in [0.5, 0.6) is 0 Å². The van der Waals surface area contributed by atoms with Gasteiger partial charge in [-0.05, 0) is 19.1 Å². The lowest BCUT2D eigenvalue weighted by atomic mass is 9.97. The highest BCUT2D eigenvalue weighted by Crippen LogP contribution is 2.35. The molecule has 1 atom stereocenters. The minimum Gasteiger partial charge on any atom is -0.367 e. The first-order chi connectivity index (χ1) is 10.6. The van der Waals surface area contributed by atoms with Gasteiger partial charge in [-0.3, -0.25) is 4.68 Å². The summed E-state index contributed by atoms with van der Waals surface area (Å²) in [5.41, 5.74) is 1.84. The Morgan fingerprint density at radius 1 is 1.32 bits per heavy atom. The molecule has 4 rings (SSSR count). The van der Waals surface area contributed by atoms with Crippen LogP contribution in [0.3, 0.4) is 0 Å². The normalized spacial score (nSPS) is 22.4. The number of benzene rings is 1. The number of rotatable bonds is 2. The van der Waals surface area contributed by atoms with E-state index in [-0.39, 0.29) is 5.60 Å². The summed E-state index contributed by atoms with van der Waals surface area (Å²) in [6.45, 7) is 4.49. The van der Waals surface area contributed by atoms with Crippen LogP contribution in [0.25, 0.3) is 10.2 Å². The van der Waals surface area contributed by atoms with Gasteiger partial charge in [-0.15, -0.1) is 0 Å². The van der Waals surface area contributed by atoms with E-state index in [0.717, 1.165) is 29.3 Å². The Balaban J connectivity index is 1.65. The molecule has 0 saturated carbocycles. The van der Waals surface area contributed by atoms with Crippen molar-refractivity contribution in [2.75, 3.05) is 24.6 Å². The maximum absolute atomic E-state index is 6.07. The quantitative estimate of drug-likeness (QED) is 0.729. The molecule has 3 heterocycles. The molecule has 6 heteroatoms. The third-order valence-corrected chi connectivity index (χ3v) is 5.24. The number of fused-ring (bicyclic) bond motifs is 1. The summed E-state index contributed by atoms with van der Waals surface area (Å²) < 4.78 is 9.12. The van der Waals surface area contributed by atoms with Crippen molar-refractivity contribution in [2.45, 2.75) is 12.5 Å². The molecule has 1 saturated heterocycles. The van der Waals surface area contributed by atoms with E-state index in [1.165, 1.54) is 4.70 Å². The summed E-state index contributed by atoms with van der Waals surface area (Å²) in [5.74, 6) is 0. The van der Waals surface area contributed by atoms with Crippen LogP contribution in [0, 0.1) is 0 Å². The maximum atomic E-state index is 6.07. The molecule has 1 fully saturated rings. The molecule has 1 unspecified atom stereocenters. The number of para-hydroxylation sites is 1. The van der Waals surface area contributed by atoms with E-state index >= 15 is 0 Å². The van der Waals surface area contributed by atoms with Crippen LogP contribution in [0.2, 0.25) is 0 Å². The van der Waals surface area contributed by atoms with Crippen LogP contribution < -0.4 is 4.90 Å². The molecule has 1 aliphatic heterocycles. The lowest BCUT2D eigenvalue weighted by Gasteiger charge is -2.39. The van der Waals surface area contributed by atoms with Crippen molar-refractivity contribution in [1.82, 2.24) is 14.8 Å². The number of anilines is 1. The topological polar surface area (TPSA) is 43.2 Å². The summed E-state index contributed by atoms with van der Waals surface area (Å²) in [6, 6.07) is 8.28. The first-order valence-electron chi connectivity index (χ1n) is 7.38. The lowest BCUT2D eigenvalue weighted by Crippen LogP contribution is -2.48. The number of nitrogens with zero attached hydrogens (tertiary/aromatic N) is 4. The van der Waals surface area contributed by atoms with Gasteiger partial charge in [-0.25, -0.2) is 4.98 Å². The average Bonchev–Trinajstić information content (AvgIpc) is 3.13. The van der Waals surface area contributed by atoms with Crippen LogP contribution in [0.4, 0.5) is 5.13 Å². The van der Waals surface area contributed by atoms with Crippen molar-refractivity contribution in [1.29, 1.82) is 0 Å². The van der Waals surface area contributed by atoms with Crippen LogP contribution >= 0.6 is 11.3 Å². The number of ether oxygens (including phenoxy) is 1. The van der Waals surface area contributed by atoms with Crippen molar-refractivity contribution in [2.24, 2.45) is 7.05 Å². The fourth-order valence-corrected chi connectivity index (χ4v) is 3.89. The highest BCUT2D eigenvalue weighted by atomic mass is 32.1. The summed E-state index contributed by atoms with van der Waals surface area (Å²) in [6.07, 6.45) is 3.92. The largest absolute Gasteiger partial charge is 0.367 e. The average molecular weight is 314 g/mol. The smallest absolute Gasteiger partial charge is 0.186 e. The van der Waals surface area contributed by atoms with E-state index < -0.39 is 0 Å². The summed E-state index contributed by atoms with van der Waals surface area (Å²) in [5, 5.41) is 5.34. The number of hydrogen-bond acceptors (Lipinski definition) is 5. The second-order valence-electron chi connectivity index (χ2n) is 5.87. The van der Waals surface area contributed by atoms with Crippen molar-refractivity contribution in [3.63, 3.8) is 0 Å². The first-order valence-corrected chi connectivity index (χ1v) is 8.19. The van der Waals surface area contributed by atoms with Crippen molar-refractivity contribution in [3.05, 3.63) is 42.2 Å². The van der Waals surface area contributed by atoms with Crippen LogP contribution in [-0.4, -0.2) is 34.5 Å². The van der Waals surface area contributed by atoms with Crippen LogP contribution in [0.15, 0.2) is 36.7 Å². The number of morpholine rings is 1. The Hall–Kier alpha value is -1.92. The molecular weight excluding hydrogens is 296 g/mol. The van der Waals surface area contributed by atoms with Gasteiger partial charge in [0.05, 0.1) is 29.6 Å². The summed E-state index contributed by atoms with van der Waals surface area (Å²) >= 11 is 1.74. The van der Waals surface area contributed by atoms with Crippen LogP contribution in [-0.2, 0) is 17.4 Å². The molecule has 1 aromatic carbocycles. The molecule has 0 radical (unpaired) electrons. The third-order valence-electron chi connectivity index (χ3n) is 4.14. The number of hydrogen-bond donors (Lipinski definition) is 0. The second kappa shape index (κ2) is 5.07. The van der Waals surface area contributed by atoms with E-state index in [1.54, 1.807) is 11.3 Å². The monoisotopic (exact) mass is 314 g/mol. The van der Waals surface area contributed by atoms with Gasteiger partial charge in [0.1, 0.15) is 5.60 Å². The fourth-order valence-electron chi connectivity index (χ4n) is 2.90. The Morgan fingerprint density at radius 3 is 2.95 bits per heavy atom. The molecule has 22 heavy (non-hydrogen) atoms. The van der Waals surface area contributed by atoms with E-state index in [0.29, 0.717) is 6.61 Å². The molecule has 0 spiro atoms. The van der Waals surface area contributed by atoms with Gasteiger partial charge in [0.25, 0.3) is 0 Å². The van der Waals surface area contributed by atoms with Crippen molar-refractivity contribution < 1.29 is 4.74 Å². The third kappa shape index (κ3) is 2.28. The van der Waals surface area contributed by atoms with E-state index in [1.807, 2.05) is 30.2 Å². The van der Waals surface area contributed by atoms with E-state index in [9.17, 15) is 0 Å². The van der Waals surface area contributed by atoms with Gasteiger partial charge < -0.3 is 9.64 Å². The number of aromatic nitrogens is 3. The molecule has 0 aliphatic carbocycles. The van der Waals surface area contributed by atoms with Gasteiger partial charge >= 0.3 is 0 Å². The van der Waals surface area contributed by atoms with E-state index in [2.05, 4.69) is 35.1 Å². The Morgan fingerprint density at radius 2 is 2.18 bits per heavy atom. The molecule has 0 N–H and O–H groups in total.